The molecule has 0 spiro atoms. The van der Waals surface area contributed by atoms with Gasteiger partial charge in [-0.2, -0.15) is 0 Å². The average molecular weight is 467 g/mol. The third-order valence-corrected chi connectivity index (χ3v) is 6.45. The van der Waals surface area contributed by atoms with E-state index in [4.69, 9.17) is 0 Å². The average Bonchev–Trinajstić information content (AvgIpc) is 3.61. The molecule has 2 heterocycles. The normalized spacial score (nSPS) is 15.0. The molecule has 1 fully saturated rings. The fraction of sp³-hybridized carbons (Fsp3) is 0.231. The Balaban J connectivity index is 1.07. The van der Waals surface area contributed by atoms with Gasteiger partial charge >= 0.3 is 0 Å². The second-order valence-electron chi connectivity index (χ2n) is 8.88. The number of amides is 3. The highest BCUT2D eigenvalue weighted by Gasteiger charge is 2.32. The largest absolute Gasteiger partial charge is 0.326 e. The predicted octanol–water partition coefficient (Wildman–Crippen LogP) is 3.84. The quantitative estimate of drug-likeness (QED) is 0.415. The summed E-state index contributed by atoms with van der Waals surface area (Å²) < 4.78 is 1.84. The molecule has 174 valence electrons. The van der Waals surface area contributed by atoms with Gasteiger partial charge in [0.25, 0.3) is 11.8 Å². The van der Waals surface area contributed by atoms with Gasteiger partial charge in [-0.1, -0.05) is 24.3 Å². The minimum atomic E-state index is -0.316. The zero-order valence-electron chi connectivity index (χ0n) is 18.8. The number of hydrogen-bond donors (Lipinski definition) is 1. The zero-order valence-corrected chi connectivity index (χ0v) is 18.8. The maximum absolute atomic E-state index is 13.0. The summed E-state index contributed by atoms with van der Waals surface area (Å²) in [5, 5.41) is 16.4. The Labute approximate surface area is 200 Å². The molecule has 0 radical (unpaired) electrons. The van der Waals surface area contributed by atoms with Crippen LogP contribution in [-0.4, -0.2) is 49.4 Å². The first kappa shape index (κ1) is 21.2. The summed E-state index contributed by atoms with van der Waals surface area (Å²) in [6, 6.07) is 18.7. The Kier molecular flexibility index (Phi) is 5.09. The summed E-state index contributed by atoms with van der Waals surface area (Å²) in [6.07, 6.45) is 2.73. The summed E-state index contributed by atoms with van der Waals surface area (Å²) in [5.74, 6) is -0.0915. The van der Waals surface area contributed by atoms with Crippen molar-refractivity contribution in [3.8, 4) is 11.4 Å². The van der Waals surface area contributed by atoms with Gasteiger partial charge < -0.3 is 5.32 Å². The van der Waals surface area contributed by atoms with Crippen molar-refractivity contribution in [3.05, 3.63) is 71.8 Å². The molecular weight excluding hydrogens is 444 g/mol. The van der Waals surface area contributed by atoms with Crippen LogP contribution in [0.3, 0.4) is 0 Å². The second-order valence-corrected chi connectivity index (χ2v) is 8.88. The molecule has 1 N–H and O–H groups in total. The molecule has 1 saturated carbocycles. The number of rotatable bonds is 7. The van der Waals surface area contributed by atoms with Gasteiger partial charge in [-0.15, -0.1) is 5.10 Å². The van der Waals surface area contributed by atoms with Crippen molar-refractivity contribution in [2.24, 2.45) is 0 Å². The molecule has 2 aliphatic rings. The Morgan fingerprint density at radius 2 is 1.63 bits per heavy atom. The number of aromatic nitrogens is 4. The minimum absolute atomic E-state index is 0.179. The topological polar surface area (TPSA) is 110 Å². The van der Waals surface area contributed by atoms with E-state index in [1.165, 1.54) is 4.90 Å². The van der Waals surface area contributed by atoms with Gasteiger partial charge in [-0.05, 0) is 71.5 Å². The van der Waals surface area contributed by atoms with Crippen LogP contribution in [0, 0.1) is 0 Å². The lowest BCUT2D eigenvalue weighted by molar-refractivity contribution is -0.116. The molecular formula is C26H22N6O3. The highest BCUT2D eigenvalue weighted by molar-refractivity contribution is 6.25. The van der Waals surface area contributed by atoms with Crippen LogP contribution in [0.25, 0.3) is 22.2 Å². The number of tetrazole rings is 1. The van der Waals surface area contributed by atoms with E-state index in [1.54, 1.807) is 12.1 Å². The number of carbonyl (C=O) groups excluding carboxylic acids is 3. The second kappa shape index (κ2) is 8.43. The van der Waals surface area contributed by atoms with Crippen LogP contribution in [0.4, 0.5) is 5.69 Å². The standard InChI is InChI=1S/C26H22N6O3/c33-22(27-18-11-9-17(10-12-18)24-28-29-30-32(24)19-13-14-19)8-3-15-31-25(34)20-6-1-4-16-5-2-7-21(23(16)20)26(31)35/h1-2,4-7,9-12,19H,3,8,13-15H2,(H,27,33). The smallest absolute Gasteiger partial charge is 0.261 e. The van der Waals surface area contributed by atoms with Crippen molar-refractivity contribution in [2.45, 2.75) is 31.7 Å². The fourth-order valence-electron chi connectivity index (χ4n) is 4.56. The van der Waals surface area contributed by atoms with Gasteiger partial charge in [0.05, 0.1) is 6.04 Å². The summed E-state index contributed by atoms with van der Waals surface area (Å²) in [7, 11) is 0. The summed E-state index contributed by atoms with van der Waals surface area (Å²) in [5.41, 5.74) is 2.59. The van der Waals surface area contributed by atoms with E-state index >= 15 is 0 Å². The monoisotopic (exact) mass is 466 g/mol. The van der Waals surface area contributed by atoms with E-state index in [0.29, 0.717) is 34.7 Å². The highest BCUT2D eigenvalue weighted by atomic mass is 16.2. The van der Waals surface area contributed by atoms with Crippen molar-refractivity contribution in [1.29, 1.82) is 0 Å². The molecule has 35 heavy (non-hydrogen) atoms. The molecule has 1 aromatic heterocycles. The van der Waals surface area contributed by atoms with E-state index in [1.807, 2.05) is 53.2 Å². The molecule has 9 heteroatoms. The van der Waals surface area contributed by atoms with Crippen molar-refractivity contribution < 1.29 is 14.4 Å². The van der Waals surface area contributed by atoms with E-state index in [-0.39, 0.29) is 30.7 Å². The number of carbonyl (C=O) groups is 3. The molecule has 0 bridgehead atoms. The molecule has 4 aromatic rings. The Hall–Kier alpha value is -4.40. The highest BCUT2D eigenvalue weighted by Crippen LogP contribution is 2.36. The van der Waals surface area contributed by atoms with E-state index in [9.17, 15) is 14.4 Å². The van der Waals surface area contributed by atoms with Crippen LogP contribution in [0.15, 0.2) is 60.7 Å². The first-order valence-electron chi connectivity index (χ1n) is 11.7. The van der Waals surface area contributed by atoms with Crippen LogP contribution in [0.1, 0.15) is 52.4 Å². The van der Waals surface area contributed by atoms with E-state index in [2.05, 4.69) is 20.8 Å². The van der Waals surface area contributed by atoms with Gasteiger partial charge in [0, 0.05) is 40.7 Å². The number of hydrogen-bond acceptors (Lipinski definition) is 6. The van der Waals surface area contributed by atoms with Gasteiger partial charge in [0.15, 0.2) is 5.82 Å². The molecule has 0 atom stereocenters. The summed E-state index contributed by atoms with van der Waals surface area (Å²) in [6.45, 7) is 0.179. The zero-order chi connectivity index (χ0) is 23.9. The third kappa shape index (κ3) is 3.84. The van der Waals surface area contributed by atoms with Crippen molar-refractivity contribution >= 4 is 34.2 Å². The van der Waals surface area contributed by atoms with Crippen LogP contribution in [0.2, 0.25) is 0 Å². The van der Waals surface area contributed by atoms with Gasteiger partial charge in [0.2, 0.25) is 5.91 Å². The number of nitrogens with one attached hydrogen (secondary N) is 1. The summed E-state index contributed by atoms with van der Waals surface area (Å²) in [4.78, 5) is 39.7. The number of nitrogens with zero attached hydrogens (tertiary/aromatic N) is 5. The van der Waals surface area contributed by atoms with Gasteiger partial charge in [-0.3, -0.25) is 19.3 Å². The molecule has 9 nitrogen and oxygen atoms in total. The number of anilines is 1. The first-order chi connectivity index (χ1) is 17.1. The van der Waals surface area contributed by atoms with Gasteiger partial charge in [0.1, 0.15) is 0 Å². The van der Waals surface area contributed by atoms with E-state index in [0.717, 1.165) is 29.6 Å². The van der Waals surface area contributed by atoms with Crippen molar-refractivity contribution in [3.63, 3.8) is 0 Å². The molecule has 0 unspecified atom stereocenters. The molecule has 0 saturated heterocycles. The Bertz CT molecular complexity index is 1420. The van der Waals surface area contributed by atoms with Crippen LogP contribution < -0.4 is 5.32 Å². The number of benzene rings is 3. The Morgan fingerprint density at radius 3 is 2.29 bits per heavy atom. The van der Waals surface area contributed by atoms with Gasteiger partial charge in [-0.25, -0.2) is 4.68 Å². The predicted molar refractivity (Wildman–Crippen MR) is 129 cm³/mol. The lowest BCUT2D eigenvalue weighted by Crippen LogP contribution is -2.41. The van der Waals surface area contributed by atoms with Crippen LogP contribution in [0.5, 0.6) is 0 Å². The molecule has 3 amide bonds. The lowest BCUT2D eigenvalue weighted by atomic mass is 9.94. The SMILES string of the molecule is O=C(CCCN1C(=O)c2cccc3cccc(c23)C1=O)Nc1ccc(-c2nnnn2C2CC2)cc1. The molecule has 3 aromatic carbocycles. The molecule has 1 aliphatic carbocycles. The van der Waals surface area contributed by atoms with E-state index < -0.39 is 0 Å². The number of imide groups is 1. The Morgan fingerprint density at radius 1 is 0.943 bits per heavy atom. The third-order valence-electron chi connectivity index (χ3n) is 6.45. The van der Waals surface area contributed by atoms with Crippen molar-refractivity contribution in [1.82, 2.24) is 25.1 Å². The lowest BCUT2D eigenvalue weighted by Gasteiger charge is -2.27. The van der Waals surface area contributed by atoms with Crippen molar-refractivity contribution in [2.75, 3.05) is 11.9 Å². The fourth-order valence-corrected chi connectivity index (χ4v) is 4.56. The maximum Gasteiger partial charge on any atom is 0.261 e. The first-order valence-corrected chi connectivity index (χ1v) is 11.7. The van der Waals surface area contributed by atoms with Crippen LogP contribution in [-0.2, 0) is 4.79 Å². The molecule has 6 rings (SSSR count). The summed E-state index contributed by atoms with van der Waals surface area (Å²) >= 11 is 0. The van der Waals surface area contributed by atoms with Crippen LogP contribution >= 0.6 is 0 Å². The maximum atomic E-state index is 13.0. The minimum Gasteiger partial charge on any atom is -0.326 e. The molecule has 1 aliphatic heterocycles.